The smallest absolute Gasteiger partial charge is 0.206 e. The lowest BCUT2D eigenvalue weighted by Gasteiger charge is -2.21. The van der Waals surface area contributed by atoms with E-state index in [0.29, 0.717) is 27.5 Å². The zero-order chi connectivity index (χ0) is 22.1. The summed E-state index contributed by atoms with van der Waals surface area (Å²) in [6, 6.07) is 16.1. The van der Waals surface area contributed by atoms with Gasteiger partial charge in [0.05, 0.1) is 0 Å². The second kappa shape index (κ2) is 8.92. The van der Waals surface area contributed by atoms with Crippen molar-refractivity contribution in [3.63, 3.8) is 0 Å². The summed E-state index contributed by atoms with van der Waals surface area (Å²) in [6.45, 7) is 3.17. The van der Waals surface area contributed by atoms with Crippen LogP contribution >= 0.6 is 11.3 Å². The quantitative estimate of drug-likeness (QED) is 0.416. The molecule has 2 atom stereocenters. The summed E-state index contributed by atoms with van der Waals surface area (Å²) in [4.78, 5) is 17.9. The Morgan fingerprint density at radius 3 is 2.75 bits per heavy atom. The maximum absolute atomic E-state index is 13.0. The summed E-state index contributed by atoms with van der Waals surface area (Å²) in [6.07, 6.45) is 4.89. The van der Waals surface area contributed by atoms with E-state index in [4.69, 9.17) is 10.5 Å². The summed E-state index contributed by atoms with van der Waals surface area (Å²) < 4.78 is 6.07. The van der Waals surface area contributed by atoms with Crippen LogP contribution in [0.1, 0.15) is 59.3 Å². The number of rotatable bonds is 8. The molecule has 7 heteroatoms. The van der Waals surface area contributed by atoms with E-state index in [-0.39, 0.29) is 17.7 Å². The summed E-state index contributed by atoms with van der Waals surface area (Å²) in [5.74, 6) is 1.62. The van der Waals surface area contributed by atoms with Crippen molar-refractivity contribution < 1.29 is 9.53 Å². The lowest BCUT2D eigenvalue weighted by molar-refractivity contribution is 0.104. The molecule has 32 heavy (non-hydrogen) atoms. The molecule has 2 unspecified atom stereocenters. The zero-order valence-electron chi connectivity index (χ0n) is 18.1. The molecule has 2 aliphatic rings. The van der Waals surface area contributed by atoms with Crippen molar-refractivity contribution in [1.82, 2.24) is 10.3 Å². The summed E-state index contributed by atoms with van der Waals surface area (Å²) >= 11 is 1.28. The summed E-state index contributed by atoms with van der Waals surface area (Å²) in [5, 5.41) is 7.33. The highest BCUT2D eigenvalue weighted by atomic mass is 32.1. The van der Waals surface area contributed by atoms with E-state index in [9.17, 15) is 4.79 Å². The van der Waals surface area contributed by atoms with Gasteiger partial charge in [0.15, 0.2) is 5.13 Å². The maximum Gasteiger partial charge on any atom is 0.206 e. The number of hydrogen-bond donors (Lipinski definition) is 3. The van der Waals surface area contributed by atoms with Gasteiger partial charge in [0.1, 0.15) is 22.5 Å². The molecule has 166 valence electrons. The van der Waals surface area contributed by atoms with Crippen LogP contribution in [0.4, 0.5) is 16.6 Å². The van der Waals surface area contributed by atoms with Gasteiger partial charge in [0.25, 0.3) is 0 Å². The number of carbonyl (C=O) groups excluding carboxylic acids is 1. The highest BCUT2D eigenvalue weighted by Crippen LogP contribution is 2.40. The number of ketones is 1. The van der Waals surface area contributed by atoms with Crippen molar-refractivity contribution >= 4 is 33.8 Å². The first kappa shape index (κ1) is 21.0. The standard InChI is InChI=1S/C25H28N4O2S/c1-15(21-6-3-13-27-21)31-20-11-9-19(10-12-20)28-25-29-24(26)23(32-25)22(30)18-5-2-4-17(14-18)16-7-8-16/h2,4-5,9-12,14-16,21,27H,3,6-8,13,26H2,1H3,(H,28,29). The van der Waals surface area contributed by atoms with E-state index in [1.54, 1.807) is 0 Å². The average molecular weight is 449 g/mol. The number of aromatic nitrogens is 1. The highest BCUT2D eigenvalue weighted by molar-refractivity contribution is 7.18. The first-order valence-electron chi connectivity index (χ1n) is 11.2. The molecule has 1 aromatic heterocycles. The van der Waals surface area contributed by atoms with E-state index in [0.717, 1.165) is 24.4 Å². The molecule has 2 fully saturated rings. The zero-order valence-corrected chi connectivity index (χ0v) is 19.0. The fourth-order valence-corrected chi connectivity index (χ4v) is 5.05. The molecule has 3 aromatic rings. The Morgan fingerprint density at radius 1 is 1.22 bits per heavy atom. The second-order valence-electron chi connectivity index (χ2n) is 8.64. The van der Waals surface area contributed by atoms with Crippen LogP contribution in [-0.4, -0.2) is 29.5 Å². The normalized spacial score (nSPS) is 19.0. The van der Waals surface area contributed by atoms with Crippen molar-refractivity contribution in [1.29, 1.82) is 0 Å². The Hall–Kier alpha value is -2.90. The molecule has 0 radical (unpaired) electrons. The molecule has 1 aliphatic carbocycles. The van der Waals surface area contributed by atoms with Gasteiger partial charge in [-0.25, -0.2) is 4.98 Å². The first-order chi connectivity index (χ1) is 15.6. The second-order valence-corrected chi connectivity index (χ2v) is 9.64. The van der Waals surface area contributed by atoms with Crippen molar-refractivity contribution in [2.75, 3.05) is 17.6 Å². The van der Waals surface area contributed by atoms with Gasteiger partial charge in [-0.2, -0.15) is 0 Å². The van der Waals surface area contributed by atoms with E-state index < -0.39 is 0 Å². The number of hydrogen-bond acceptors (Lipinski definition) is 7. The molecule has 1 aliphatic heterocycles. The highest BCUT2D eigenvalue weighted by Gasteiger charge is 2.25. The monoisotopic (exact) mass is 448 g/mol. The summed E-state index contributed by atoms with van der Waals surface area (Å²) in [7, 11) is 0. The third-order valence-electron chi connectivity index (χ3n) is 6.15. The third-order valence-corrected chi connectivity index (χ3v) is 7.14. The predicted octanol–water partition coefficient (Wildman–Crippen LogP) is 5.10. The minimum Gasteiger partial charge on any atom is -0.489 e. The van der Waals surface area contributed by atoms with Gasteiger partial charge in [-0.05, 0) is 81.0 Å². The van der Waals surface area contributed by atoms with E-state index in [1.807, 2.05) is 42.5 Å². The minimum atomic E-state index is -0.0752. The van der Waals surface area contributed by atoms with Crippen LogP contribution in [0.15, 0.2) is 48.5 Å². The van der Waals surface area contributed by atoms with Crippen LogP contribution in [0.2, 0.25) is 0 Å². The number of thiazole rings is 1. The van der Waals surface area contributed by atoms with Gasteiger partial charge in [-0.1, -0.05) is 29.5 Å². The number of nitrogens with zero attached hydrogens (tertiary/aromatic N) is 1. The van der Waals surface area contributed by atoms with Crippen LogP contribution in [0, 0.1) is 0 Å². The number of ether oxygens (including phenoxy) is 1. The average Bonchev–Trinajstić information content (AvgIpc) is 3.38. The number of nitrogens with two attached hydrogens (primary N) is 1. The van der Waals surface area contributed by atoms with Gasteiger partial charge in [-0.15, -0.1) is 0 Å². The van der Waals surface area contributed by atoms with Crippen LogP contribution in [0.25, 0.3) is 0 Å². The lowest BCUT2D eigenvalue weighted by Crippen LogP contribution is -2.36. The van der Waals surface area contributed by atoms with Gasteiger partial charge in [0.2, 0.25) is 5.78 Å². The maximum atomic E-state index is 13.0. The fraction of sp³-hybridized carbons (Fsp3) is 0.360. The van der Waals surface area contributed by atoms with Gasteiger partial charge in [0, 0.05) is 17.3 Å². The Morgan fingerprint density at radius 2 is 2.03 bits per heavy atom. The van der Waals surface area contributed by atoms with Gasteiger partial charge in [-0.3, -0.25) is 4.79 Å². The molecule has 4 N–H and O–H groups in total. The molecular weight excluding hydrogens is 420 g/mol. The van der Waals surface area contributed by atoms with Crippen LogP contribution < -0.4 is 21.1 Å². The molecule has 6 nitrogen and oxygen atoms in total. The van der Waals surface area contributed by atoms with Crippen LogP contribution in [0.3, 0.4) is 0 Å². The lowest BCUT2D eigenvalue weighted by atomic mass is 10.0. The molecule has 5 rings (SSSR count). The van der Waals surface area contributed by atoms with E-state index >= 15 is 0 Å². The van der Waals surface area contributed by atoms with Gasteiger partial charge < -0.3 is 21.1 Å². The molecular formula is C25H28N4O2S. The first-order valence-corrected chi connectivity index (χ1v) is 12.1. The fourth-order valence-electron chi connectivity index (χ4n) is 4.18. The van der Waals surface area contributed by atoms with E-state index in [1.165, 1.54) is 36.2 Å². The number of nitrogen functional groups attached to an aromatic ring is 1. The third kappa shape index (κ3) is 4.64. The molecule has 0 amide bonds. The summed E-state index contributed by atoms with van der Waals surface area (Å²) in [5.41, 5.74) is 8.87. The number of anilines is 3. The molecule has 0 spiro atoms. The van der Waals surface area contributed by atoms with Crippen LogP contribution in [-0.2, 0) is 0 Å². The number of carbonyl (C=O) groups is 1. The Labute approximate surface area is 192 Å². The topological polar surface area (TPSA) is 89.3 Å². The molecule has 1 saturated carbocycles. The SMILES string of the molecule is CC(Oc1ccc(Nc2nc(N)c(C(=O)c3cccc(C4CC4)c3)s2)cc1)C1CCCN1. The molecule has 1 saturated heterocycles. The molecule has 2 heterocycles. The predicted molar refractivity (Wildman–Crippen MR) is 129 cm³/mol. The van der Waals surface area contributed by atoms with Crippen molar-refractivity contribution in [3.05, 3.63) is 64.5 Å². The van der Waals surface area contributed by atoms with Crippen molar-refractivity contribution in [2.45, 2.75) is 50.7 Å². The largest absolute Gasteiger partial charge is 0.489 e. The Kier molecular flexibility index (Phi) is 5.85. The Bertz CT molecular complexity index is 1100. The van der Waals surface area contributed by atoms with Gasteiger partial charge >= 0.3 is 0 Å². The molecule has 2 aromatic carbocycles. The molecule has 0 bridgehead atoms. The Balaban J connectivity index is 1.25. The van der Waals surface area contributed by atoms with Crippen molar-refractivity contribution in [2.24, 2.45) is 0 Å². The van der Waals surface area contributed by atoms with Crippen molar-refractivity contribution in [3.8, 4) is 5.75 Å². The van der Waals surface area contributed by atoms with Crippen LogP contribution in [0.5, 0.6) is 5.75 Å². The minimum absolute atomic E-state index is 0.0752. The van der Waals surface area contributed by atoms with E-state index in [2.05, 4.69) is 28.6 Å². The number of benzene rings is 2. The number of nitrogens with one attached hydrogen (secondary N) is 2.